The fraction of sp³-hybridized carbons (Fsp3) is 0.722. The molecule has 1 aromatic heterocycles. The summed E-state index contributed by atoms with van der Waals surface area (Å²) in [6.45, 7) is 9.19. The predicted molar refractivity (Wildman–Crippen MR) is 185 cm³/mol. The molecule has 2 saturated carbocycles. The van der Waals surface area contributed by atoms with Crippen LogP contribution < -0.4 is 21.3 Å². The molecular formula is C36H57N7O6. The number of hydrogen-bond donors (Lipinski definition) is 4. The Morgan fingerprint density at radius 3 is 2.08 bits per heavy atom. The van der Waals surface area contributed by atoms with Crippen LogP contribution in [0.2, 0.25) is 0 Å². The van der Waals surface area contributed by atoms with E-state index in [-0.39, 0.29) is 24.2 Å². The minimum absolute atomic E-state index is 0.0104. The van der Waals surface area contributed by atoms with Crippen molar-refractivity contribution >= 4 is 35.3 Å². The lowest BCUT2D eigenvalue weighted by molar-refractivity contribution is -0.145. The fourth-order valence-corrected chi connectivity index (χ4v) is 6.34. The third kappa shape index (κ3) is 12.5. The molecule has 1 aliphatic heterocycles. The fourth-order valence-electron chi connectivity index (χ4n) is 6.34. The van der Waals surface area contributed by atoms with Crippen LogP contribution in [0.1, 0.15) is 129 Å². The van der Waals surface area contributed by atoms with Crippen molar-refractivity contribution in [1.82, 2.24) is 36.1 Å². The van der Waals surface area contributed by atoms with Gasteiger partial charge in [-0.3, -0.25) is 33.8 Å². The first-order valence-electron chi connectivity index (χ1n) is 18.2. The summed E-state index contributed by atoms with van der Waals surface area (Å²) >= 11 is 0. The van der Waals surface area contributed by atoms with Gasteiger partial charge in [-0.25, -0.2) is 4.98 Å². The quantitative estimate of drug-likeness (QED) is 0.216. The predicted octanol–water partition coefficient (Wildman–Crippen LogP) is 3.23. The van der Waals surface area contributed by atoms with Crippen LogP contribution >= 0.6 is 0 Å². The molecule has 49 heavy (non-hydrogen) atoms. The average molecular weight is 684 g/mol. The van der Waals surface area contributed by atoms with Gasteiger partial charge in [0.15, 0.2) is 0 Å². The normalized spacial score (nSPS) is 20.1. The molecule has 3 fully saturated rings. The maximum Gasteiger partial charge on any atom is 0.289 e. The summed E-state index contributed by atoms with van der Waals surface area (Å²) in [5.74, 6) is -3.60. The first-order chi connectivity index (χ1) is 23.4. The molecule has 4 atom stereocenters. The molecule has 5 amide bonds. The molecule has 0 bridgehead atoms. The van der Waals surface area contributed by atoms with E-state index in [1.54, 1.807) is 20.8 Å². The maximum absolute atomic E-state index is 14.0. The van der Waals surface area contributed by atoms with Gasteiger partial charge in [0.05, 0.1) is 18.8 Å². The Hall–Kier alpha value is -3.90. The van der Waals surface area contributed by atoms with Crippen LogP contribution in [-0.2, 0) is 24.0 Å². The summed E-state index contributed by atoms with van der Waals surface area (Å²) in [6, 6.07) is -2.84. The Bertz CT molecular complexity index is 1260. The van der Waals surface area contributed by atoms with E-state index in [2.05, 4.69) is 31.2 Å². The number of likely N-dealkylation sites (tertiary alicyclic amines) is 1. The van der Waals surface area contributed by atoms with Gasteiger partial charge < -0.3 is 26.2 Å². The summed E-state index contributed by atoms with van der Waals surface area (Å²) in [5, 5.41) is 10.7. The minimum atomic E-state index is -0.999. The van der Waals surface area contributed by atoms with Crippen LogP contribution in [0.15, 0.2) is 18.6 Å². The van der Waals surface area contributed by atoms with Crippen LogP contribution in [-0.4, -0.2) is 87.4 Å². The van der Waals surface area contributed by atoms with E-state index in [1.807, 2.05) is 13.8 Å². The molecule has 0 radical (unpaired) electrons. The van der Waals surface area contributed by atoms with Gasteiger partial charge in [-0.2, -0.15) is 0 Å². The zero-order chi connectivity index (χ0) is 36.0. The van der Waals surface area contributed by atoms with E-state index in [9.17, 15) is 28.8 Å². The summed E-state index contributed by atoms with van der Waals surface area (Å²) in [7, 11) is 0. The number of hydrogen-bond acceptors (Lipinski definition) is 8. The number of aromatic nitrogens is 2. The number of nitrogens with one attached hydrogen (secondary N) is 4. The Labute approximate surface area is 290 Å². The van der Waals surface area contributed by atoms with Crippen molar-refractivity contribution in [3.8, 4) is 0 Å². The first-order valence-corrected chi connectivity index (χ1v) is 18.2. The number of amides is 5. The van der Waals surface area contributed by atoms with Gasteiger partial charge in [0.2, 0.25) is 23.5 Å². The number of carbonyl (C=O) groups excluding carboxylic acids is 6. The van der Waals surface area contributed by atoms with E-state index in [0.717, 1.165) is 19.3 Å². The highest BCUT2D eigenvalue weighted by Crippen LogP contribution is 2.32. The van der Waals surface area contributed by atoms with E-state index in [0.29, 0.717) is 32.2 Å². The summed E-state index contributed by atoms with van der Waals surface area (Å²) < 4.78 is 0. The summed E-state index contributed by atoms with van der Waals surface area (Å²) in [4.78, 5) is 87.6. The second-order valence-corrected chi connectivity index (χ2v) is 14.5. The van der Waals surface area contributed by atoms with Gasteiger partial charge in [-0.05, 0) is 43.4 Å². The van der Waals surface area contributed by atoms with Crippen LogP contribution in [0.4, 0.5) is 0 Å². The SMILES string of the molecule is C1CCCCC1.CCC[C@H]1CCN(C(=O)C(NC(=O)CNC(=O)c2cnccn2)C(C)(C)C)C1C(=O)N[C@@H](CCC)C(=O)C(=O)NC1CC1. The molecule has 4 N–H and O–H groups in total. The molecule has 2 aliphatic carbocycles. The highest BCUT2D eigenvalue weighted by atomic mass is 16.2. The summed E-state index contributed by atoms with van der Waals surface area (Å²) in [5.41, 5.74) is -0.677. The molecule has 0 spiro atoms. The number of rotatable bonds is 14. The molecule has 2 unspecified atom stereocenters. The lowest BCUT2D eigenvalue weighted by Gasteiger charge is -2.36. The van der Waals surface area contributed by atoms with Gasteiger partial charge in [-0.15, -0.1) is 0 Å². The van der Waals surface area contributed by atoms with Crippen LogP contribution in [0, 0.1) is 11.3 Å². The molecule has 272 valence electrons. The second kappa shape index (κ2) is 19.3. The largest absolute Gasteiger partial charge is 0.347 e. The molecule has 13 heteroatoms. The Kier molecular flexibility index (Phi) is 15.6. The Morgan fingerprint density at radius 1 is 0.898 bits per heavy atom. The van der Waals surface area contributed by atoms with Gasteiger partial charge in [0, 0.05) is 25.0 Å². The van der Waals surface area contributed by atoms with Crippen molar-refractivity contribution < 1.29 is 28.8 Å². The average Bonchev–Trinajstić information content (AvgIpc) is 3.81. The topological polar surface area (TPSA) is 180 Å². The second-order valence-electron chi connectivity index (χ2n) is 14.5. The molecule has 1 aromatic rings. The van der Waals surface area contributed by atoms with Crippen molar-refractivity contribution in [2.24, 2.45) is 11.3 Å². The van der Waals surface area contributed by atoms with Crippen molar-refractivity contribution in [2.75, 3.05) is 13.1 Å². The molecule has 0 aromatic carbocycles. The lowest BCUT2D eigenvalue weighted by atomic mass is 9.85. The highest BCUT2D eigenvalue weighted by Gasteiger charge is 2.46. The number of Topliss-reactive ketones (excluding diaryl/α,β-unsaturated/α-hetero) is 1. The van der Waals surface area contributed by atoms with Crippen molar-refractivity contribution in [3.05, 3.63) is 24.3 Å². The molecule has 4 rings (SSSR count). The number of nitrogens with zero attached hydrogens (tertiary/aromatic N) is 3. The van der Waals surface area contributed by atoms with E-state index < -0.39 is 58.9 Å². The van der Waals surface area contributed by atoms with Gasteiger partial charge >= 0.3 is 0 Å². The smallest absolute Gasteiger partial charge is 0.289 e. The number of ketones is 1. The maximum atomic E-state index is 14.0. The molecule has 13 nitrogen and oxygen atoms in total. The van der Waals surface area contributed by atoms with Gasteiger partial charge in [0.25, 0.3) is 11.8 Å². The zero-order valence-corrected chi connectivity index (χ0v) is 30.0. The van der Waals surface area contributed by atoms with E-state index in [4.69, 9.17) is 0 Å². The molecule has 2 heterocycles. The Balaban J connectivity index is 0.000000974. The highest BCUT2D eigenvalue weighted by molar-refractivity contribution is 6.38. The standard InChI is InChI=1S/C30H45N7O6.C6H12/c1-6-8-18-12-15-37(23(18)27(41)35-20(9-7-2)24(39)28(42)34-19-10-11-19)29(43)25(30(3,4)5)36-22(38)17-33-26(40)21-16-31-13-14-32-21;1-2-4-6-5-3-1/h13-14,16,18-20,23,25H,6-12,15,17H2,1-5H3,(H,33,40)(H,34,42)(H,35,41)(H,36,38);1-6H2/t18-,20-,23?,25?;/m0./s1. The summed E-state index contributed by atoms with van der Waals surface area (Å²) in [6.07, 6.45) is 17.7. The third-order valence-corrected chi connectivity index (χ3v) is 9.20. The van der Waals surface area contributed by atoms with Crippen LogP contribution in [0.5, 0.6) is 0 Å². The monoisotopic (exact) mass is 683 g/mol. The lowest BCUT2D eigenvalue weighted by Crippen LogP contribution is -2.60. The number of carbonyl (C=O) groups is 6. The van der Waals surface area contributed by atoms with E-state index >= 15 is 0 Å². The van der Waals surface area contributed by atoms with Crippen molar-refractivity contribution in [1.29, 1.82) is 0 Å². The van der Waals surface area contributed by atoms with Gasteiger partial charge in [-0.1, -0.05) is 86.0 Å². The van der Waals surface area contributed by atoms with Crippen LogP contribution in [0.3, 0.4) is 0 Å². The Morgan fingerprint density at radius 2 is 1.55 bits per heavy atom. The molecular weight excluding hydrogens is 626 g/mol. The van der Waals surface area contributed by atoms with Gasteiger partial charge in [0.1, 0.15) is 17.8 Å². The first kappa shape index (κ1) is 39.5. The molecule has 3 aliphatic rings. The molecule has 1 saturated heterocycles. The zero-order valence-electron chi connectivity index (χ0n) is 30.0. The van der Waals surface area contributed by atoms with Crippen molar-refractivity contribution in [2.45, 2.75) is 142 Å². The van der Waals surface area contributed by atoms with Crippen molar-refractivity contribution in [3.63, 3.8) is 0 Å². The minimum Gasteiger partial charge on any atom is -0.347 e. The third-order valence-electron chi connectivity index (χ3n) is 9.20. The van der Waals surface area contributed by atoms with E-state index in [1.165, 1.54) is 62.0 Å². The van der Waals surface area contributed by atoms with Crippen LogP contribution in [0.25, 0.3) is 0 Å².